The van der Waals surface area contributed by atoms with Gasteiger partial charge in [-0.15, -0.1) is 0 Å². The lowest BCUT2D eigenvalue weighted by Crippen LogP contribution is -2.47. The normalized spacial score (nSPS) is 13.8. The van der Waals surface area contributed by atoms with Crippen molar-refractivity contribution in [3.8, 4) is 0 Å². The third-order valence-corrected chi connectivity index (χ3v) is 9.18. The van der Waals surface area contributed by atoms with Gasteiger partial charge in [0.25, 0.3) is 5.91 Å². The molecule has 2 heterocycles. The minimum atomic E-state index is -0.143. The predicted molar refractivity (Wildman–Crippen MR) is 185 cm³/mol. The standard InChI is InChI=1S/C37H36ClN5OS/c1-27-11-8-9-18-33(27)42-19-21-43(22-20-42)35-25-34(38)40-37(41-35)45-26-29-14-10-17-31(23-29)36(44)39-32(30-15-6-3-7-16-30)24-28-12-4-2-5-13-28/h2-18,23,25,32H,19-22,24,26H2,1H3,(H,39,44)/t32-/m0/s1. The highest BCUT2D eigenvalue weighted by Gasteiger charge is 2.21. The summed E-state index contributed by atoms with van der Waals surface area (Å²) in [6, 6.07) is 38.4. The van der Waals surface area contributed by atoms with Gasteiger partial charge >= 0.3 is 0 Å². The van der Waals surface area contributed by atoms with Gasteiger partial charge in [-0.1, -0.05) is 114 Å². The molecule has 1 aromatic heterocycles. The van der Waals surface area contributed by atoms with Gasteiger partial charge < -0.3 is 15.1 Å². The highest BCUT2D eigenvalue weighted by molar-refractivity contribution is 7.98. The zero-order chi connectivity index (χ0) is 31.0. The van der Waals surface area contributed by atoms with Crippen LogP contribution in [-0.2, 0) is 12.2 Å². The fourth-order valence-corrected chi connectivity index (χ4v) is 6.71. The van der Waals surface area contributed by atoms with Crippen molar-refractivity contribution in [2.75, 3.05) is 36.0 Å². The van der Waals surface area contributed by atoms with Crippen molar-refractivity contribution in [2.24, 2.45) is 0 Å². The van der Waals surface area contributed by atoms with E-state index in [0.29, 0.717) is 28.0 Å². The molecule has 1 aliphatic rings. The first-order valence-electron chi connectivity index (χ1n) is 15.2. The molecular weight excluding hydrogens is 598 g/mol. The number of hydrogen-bond acceptors (Lipinski definition) is 6. The number of nitrogens with one attached hydrogen (secondary N) is 1. The zero-order valence-electron chi connectivity index (χ0n) is 25.3. The highest BCUT2D eigenvalue weighted by atomic mass is 35.5. The van der Waals surface area contributed by atoms with Gasteiger partial charge in [-0.3, -0.25) is 4.79 Å². The zero-order valence-corrected chi connectivity index (χ0v) is 26.8. The minimum Gasteiger partial charge on any atom is -0.368 e. The molecule has 8 heteroatoms. The van der Waals surface area contributed by atoms with Gasteiger partial charge in [0.1, 0.15) is 11.0 Å². The van der Waals surface area contributed by atoms with Gasteiger partial charge in [-0.05, 0) is 53.8 Å². The van der Waals surface area contributed by atoms with E-state index in [-0.39, 0.29) is 11.9 Å². The van der Waals surface area contributed by atoms with Crippen molar-refractivity contribution < 1.29 is 4.79 Å². The Morgan fingerprint density at radius 3 is 2.22 bits per heavy atom. The molecule has 1 fully saturated rings. The van der Waals surface area contributed by atoms with Gasteiger partial charge in [0.05, 0.1) is 6.04 Å². The molecule has 0 saturated carbocycles. The van der Waals surface area contributed by atoms with Crippen LogP contribution in [0.3, 0.4) is 0 Å². The lowest BCUT2D eigenvalue weighted by Gasteiger charge is -2.37. The van der Waals surface area contributed by atoms with Crippen molar-refractivity contribution in [1.29, 1.82) is 0 Å². The van der Waals surface area contributed by atoms with E-state index in [4.69, 9.17) is 16.6 Å². The molecule has 228 valence electrons. The molecule has 0 bridgehead atoms. The number of piperazine rings is 1. The number of benzene rings is 4. The van der Waals surface area contributed by atoms with Crippen molar-refractivity contribution in [3.63, 3.8) is 0 Å². The van der Waals surface area contributed by atoms with Crippen LogP contribution in [0.5, 0.6) is 0 Å². The van der Waals surface area contributed by atoms with Gasteiger partial charge in [-0.2, -0.15) is 0 Å². The first kappa shape index (κ1) is 30.7. The molecular formula is C37H36ClN5OS. The van der Waals surface area contributed by atoms with Crippen molar-refractivity contribution >= 4 is 40.8 Å². The maximum Gasteiger partial charge on any atom is 0.251 e. The molecule has 0 radical (unpaired) electrons. The van der Waals surface area contributed by atoms with Crippen LogP contribution in [0.1, 0.15) is 38.7 Å². The third-order valence-electron chi connectivity index (χ3n) is 8.07. The number of aromatic nitrogens is 2. The second kappa shape index (κ2) is 14.6. The number of nitrogens with zero attached hydrogens (tertiary/aromatic N) is 4. The number of rotatable bonds is 10. The first-order valence-corrected chi connectivity index (χ1v) is 16.6. The maximum absolute atomic E-state index is 13.5. The molecule has 1 atom stereocenters. The summed E-state index contributed by atoms with van der Waals surface area (Å²) in [6.45, 7) is 5.71. The first-order chi connectivity index (χ1) is 22.0. The predicted octanol–water partition coefficient (Wildman–Crippen LogP) is 7.77. The number of hydrogen-bond donors (Lipinski definition) is 1. The second-order valence-corrected chi connectivity index (χ2v) is 12.5. The molecule has 6 nitrogen and oxygen atoms in total. The summed E-state index contributed by atoms with van der Waals surface area (Å²) in [6.07, 6.45) is 0.710. The van der Waals surface area contributed by atoms with Crippen molar-refractivity contribution in [1.82, 2.24) is 15.3 Å². The summed E-state index contributed by atoms with van der Waals surface area (Å²) in [7, 11) is 0. The molecule has 5 aromatic rings. The van der Waals surface area contributed by atoms with Crippen LogP contribution in [0.25, 0.3) is 0 Å². The van der Waals surface area contributed by atoms with E-state index in [1.54, 1.807) is 0 Å². The molecule has 1 saturated heterocycles. The maximum atomic E-state index is 13.5. The lowest BCUT2D eigenvalue weighted by molar-refractivity contribution is 0.0936. The topological polar surface area (TPSA) is 61.4 Å². The van der Waals surface area contributed by atoms with Crippen LogP contribution in [0.4, 0.5) is 11.5 Å². The second-order valence-electron chi connectivity index (χ2n) is 11.2. The molecule has 6 rings (SSSR count). The number of amides is 1. The monoisotopic (exact) mass is 633 g/mol. The van der Waals surface area contributed by atoms with Crippen LogP contribution in [-0.4, -0.2) is 42.1 Å². The van der Waals surface area contributed by atoms with E-state index in [2.05, 4.69) is 75.6 Å². The smallest absolute Gasteiger partial charge is 0.251 e. The van der Waals surface area contributed by atoms with E-state index in [9.17, 15) is 4.79 Å². The molecule has 4 aromatic carbocycles. The van der Waals surface area contributed by atoms with E-state index in [1.807, 2.05) is 66.7 Å². The van der Waals surface area contributed by atoms with Crippen LogP contribution in [0.2, 0.25) is 5.15 Å². The number of para-hydroxylation sites is 1. The quantitative estimate of drug-likeness (QED) is 0.0963. The Labute approximate surface area is 274 Å². The summed E-state index contributed by atoms with van der Waals surface area (Å²) >= 11 is 7.99. The summed E-state index contributed by atoms with van der Waals surface area (Å²) in [5.74, 6) is 1.37. The number of thioether (sulfide) groups is 1. The van der Waals surface area contributed by atoms with Crippen LogP contribution >= 0.6 is 23.4 Å². The Morgan fingerprint density at radius 2 is 1.47 bits per heavy atom. The fourth-order valence-electron chi connectivity index (χ4n) is 5.69. The average Bonchev–Trinajstić information content (AvgIpc) is 3.08. The van der Waals surface area contributed by atoms with E-state index >= 15 is 0 Å². The fraction of sp³-hybridized carbons (Fsp3) is 0.216. The van der Waals surface area contributed by atoms with Crippen molar-refractivity contribution in [3.05, 3.63) is 148 Å². The summed E-state index contributed by atoms with van der Waals surface area (Å²) < 4.78 is 0. The van der Waals surface area contributed by atoms with E-state index in [1.165, 1.54) is 28.6 Å². The Kier molecular flexibility index (Phi) is 9.98. The Morgan fingerprint density at radius 1 is 0.800 bits per heavy atom. The summed E-state index contributed by atoms with van der Waals surface area (Å²) in [5, 5.41) is 4.33. The Hall–Kier alpha value is -4.33. The largest absolute Gasteiger partial charge is 0.368 e. The third kappa shape index (κ3) is 8.04. The van der Waals surface area contributed by atoms with E-state index in [0.717, 1.165) is 43.1 Å². The number of carbonyl (C=O) groups excluding carboxylic acids is 1. The molecule has 1 amide bonds. The van der Waals surface area contributed by atoms with Crippen LogP contribution < -0.4 is 15.1 Å². The van der Waals surface area contributed by atoms with Gasteiger partial charge in [0.2, 0.25) is 0 Å². The highest BCUT2D eigenvalue weighted by Crippen LogP contribution is 2.27. The average molecular weight is 634 g/mol. The van der Waals surface area contributed by atoms with Gasteiger partial charge in [0.15, 0.2) is 5.16 Å². The van der Waals surface area contributed by atoms with Crippen LogP contribution in [0, 0.1) is 6.92 Å². The summed E-state index contributed by atoms with van der Waals surface area (Å²) in [4.78, 5) is 27.5. The molecule has 0 unspecified atom stereocenters. The number of halogens is 1. The van der Waals surface area contributed by atoms with Crippen LogP contribution in [0.15, 0.2) is 120 Å². The number of aryl methyl sites for hydroxylation is 1. The Bertz CT molecular complexity index is 1730. The number of anilines is 2. The SMILES string of the molecule is Cc1ccccc1N1CCN(c2cc(Cl)nc(SCc3cccc(C(=O)N[C@@H](Cc4ccccc4)c4ccccc4)c3)n2)CC1. The molecule has 1 aliphatic heterocycles. The molecule has 1 N–H and O–H groups in total. The minimum absolute atomic E-state index is 0.0993. The summed E-state index contributed by atoms with van der Waals surface area (Å²) in [5.41, 5.74) is 6.47. The van der Waals surface area contributed by atoms with E-state index < -0.39 is 0 Å². The molecule has 0 aliphatic carbocycles. The van der Waals surface area contributed by atoms with Crippen molar-refractivity contribution in [2.45, 2.75) is 30.3 Å². The lowest BCUT2D eigenvalue weighted by atomic mass is 9.98. The molecule has 0 spiro atoms. The van der Waals surface area contributed by atoms with Gasteiger partial charge in [-0.25, -0.2) is 9.97 Å². The number of carbonyl (C=O) groups is 1. The van der Waals surface area contributed by atoms with Gasteiger partial charge in [0, 0.05) is 49.2 Å². The molecule has 45 heavy (non-hydrogen) atoms. The Balaban J connectivity index is 1.09.